The Hall–Kier alpha value is -1.41. The first-order valence-electron chi connectivity index (χ1n) is 7.91. The van der Waals surface area contributed by atoms with E-state index in [0.29, 0.717) is 6.04 Å². The molecule has 0 saturated heterocycles. The second-order valence-corrected chi connectivity index (χ2v) is 5.44. The van der Waals surface area contributed by atoms with Gasteiger partial charge < -0.3 is 5.32 Å². The van der Waals surface area contributed by atoms with Crippen LogP contribution in [0.4, 0.5) is 0 Å². The van der Waals surface area contributed by atoms with Crippen molar-refractivity contribution in [2.45, 2.75) is 52.0 Å². The molecule has 1 N–H and O–H groups in total. The van der Waals surface area contributed by atoms with Gasteiger partial charge in [-0.25, -0.2) is 0 Å². The zero-order chi connectivity index (χ0) is 14.2. The number of para-hydroxylation sites is 1. The third-order valence-corrected chi connectivity index (χ3v) is 3.85. The number of nitrogens with one attached hydrogen (secondary N) is 1. The van der Waals surface area contributed by atoms with Crippen LogP contribution in [0.1, 0.15) is 45.1 Å². The Balaban J connectivity index is 2.11. The first-order chi connectivity index (χ1) is 9.85. The van der Waals surface area contributed by atoms with Crippen molar-refractivity contribution in [1.29, 1.82) is 0 Å². The topological polar surface area (TPSA) is 24.9 Å². The predicted molar refractivity (Wildman–Crippen MR) is 87.1 cm³/mol. The molecule has 0 bridgehead atoms. The van der Waals surface area contributed by atoms with Crippen LogP contribution in [0.2, 0.25) is 0 Å². The van der Waals surface area contributed by atoms with Crippen LogP contribution in [0.3, 0.4) is 0 Å². The fourth-order valence-electron chi connectivity index (χ4n) is 2.80. The number of hydrogen-bond acceptors (Lipinski definition) is 2. The van der Waals surface area contributed by atoms with Gasteiger partial charge in [-0.1, -0.05) is 51.3 Å². The lowest BCUT2D eigenvalue weighted by Crippen LogP contribution is -2.31. The summed E-state index contributed by atoms with van der Waals surface area (Å²) in [5.41, 5.74) is 2.52. The Morgan fingerprint density at radius 1 is 1.10 bits per heavy atom. The van der Waals surface area contributed by atoms with E-state index in [1.807, 2.05) is 6.20 Å². The van der Waals surface area contributed by atoms with Gasteiger partial charge in [0.25, 0.3) is 0 Å². The Bertz CT molecular complexity index is 516. The summed E-state index contributed by atoms with van der Waals surface area (Å²) in [6.07, 6.45) is 8.23. The molecule has 20 heavy (non-hydrogen) atoms. The van der Waals surface area contributed by atoms with E-state index in [1.165, 1.54) is 36.6 Å². The first-order valence-corrected chi connectivity index (χ1v) is 7.91. The Kier molecular flexibility index (Phi) is 6.00. The van der Waals surface area contributed by atoms with Crippen molar-refractivity contribution >= 4 is 10.9 Å². The molecule has 0 saturated carbocycles. The molecule has 2 aromatic rings. The highest BCUT2D eigenvalue weighted by molar-refractivity contribution is 5.81. The smallest absolute Gasteiger partial charge is 0.0704 e. The average molecular weight is 270 g/mol. The van der Waals surface area contributed by atoms with Gasteiger partial charge in [-0.15, -0.1) is 0 Å². The van der Waals surface area contributed by atoms with Gasteiger partial charge in [0.05, 0.1) is 5.52 Å². The monoisotopic (exact) mass is 270 g/mol. The summed E-state index contributed by atoms with van der Waals surface area (Å²) in [7, 11) is 0. The largest absolute Gasteiger partial charge is 0.314 e. The average Bonchev–Trinajstić information content (AvgIpc) is 2.48. The van der Waals surface area contributed by atoms with Crippen molar-refractivity contribution < 1.29 is 0 Å². The van der Waals surface area contributed by atoms with Gasteiger partial charge in [0, 0.05) is 17.6 Å². The predicted octanol–water partition coefficient (Wildman–Crippen LogP) is 4.34. The lowest BCUT2D eigenvalue weighted by molar-refractivity contribution is 0.468. The van der Waals surface area contributed by atoms with Crippen LogP contribution in [-0.4, -0.2) is 17.6 Å². The van der Waals surface area contributed by atoms with Gasteiger partial charge in [0.1, 0.15) is 0 Å². The lowest BCUT2D eigenvalue weighted by Gasteiger charge is -2.18. The summed E-state index contributed by atoms with van der Waals surface area (Å²) in [5, 5.41) is 4.93. The number of pyridine rings is 1. The molecule has 2 rings (SSSR count). The van der Waals surface area contributed by atoms with Gasteiger partial charge in [-0.2, -0.15) is 0 Å². The summed E-state index contributed by atoms with van der Waals surface area (Å²) < 4.78 is 0. The lowest BCUT2D eigenvalue weighted by atomic mass is 9.98. The number of nitrogens with zero attached hydrogens (tertiary/aromatic N) is 1. The molecule has 1 aromatic carbocycles. The molecule has 2 nitrogen and oxygen atoms in total. The van der Waals surface area contributed by atoms with Gasteiger partial charge >= 0.3 is 0 Å². The highest BCUT2D eigenvalue weighted by Gasteiger charge is 2.10. The third-order valence-electron chi connectivity index (χ3n) is 3.85. The second kappa shape index (κ2) is 8.01. The fraction of sp³-hybridized carbons (Fsp3) is 0.500. The van der Waals surface area contributed by atoms with Crippen LogP contribution in [0.5, 0.6) is 0 Å². The second-order valence-electron chi connectivity index (χ2n) is 5.44. The van der Waals surface area contributed by atoms with E-state index >= 15 is 0 Å². The number of unbranched alkanes of at least 4 members (excludes halogenated alkanes) is 2. The van der Waals surface area contributed by atoms with Crippen molar-refractivity contribution in [2.75, 3.05) is 6.54 Å². The number of rotatable bonds is 8. The Labute approximate surface area is 122 Å². The minimum Gasteiger partial charge on any atom is -0.314 e. The molecule has 0 aliphatic rings. The zero-order valence-electron chi connectivity index (χ0n) is 12.7. The van der Waals surface area contributed by atoms with Crippen LogP contribution in [-0.2, 0) is 6.42 Å². The molecule has 0 amide bonds. The summed E-state index contributed by atoms with van der Waals surface area (Å²) in [5.74, 6) is 0. The van der Waals surface area contributed by atoms with E-state index in [-0.39, 0.29) is 0 Å². The van der Waals surface area contributed by atoms with Crippen molar-refractivity contribution in [3.05, 3.63) is 42.1 Å². The van der Waals surface area contributed by atoms with Crippen LogP contribution < -0.4 is 5.32 Å². The molecule has 2 heteroatoms. The van der Waals surface area contributed by atoms with E-state index in [9.17, 15) is 0 Å². The Morgan fingerprint density at radius 2 is 1.95 bits per heavy atom. The summed E-state index contributed by atoms with van der Waals surface area (Å²) in [4.78, 5) is 4.45. The van der Waals surface area contributed by atoms with Crippen LogP contribution in [0.15, 0.2) is 36.5 Å². The zero-order valence-corrected chi connectivity index (χ0v) is 12.7. The number of likely N-dealkylation sites (N-methyl/N-ethyl adjacent to an activating group) is 1. The third kappa shape index (κ3) is 4.04. The van der Waals surface area contributed by atoms with Crippen LogP contribution in [0, 0.1) is 0 Å². The molecule has 0 spiro atoms. The molecule has 0 aliphatic heterocycles. The van der Waals surface area contributed by atoms with Gasteiger partial charge in [0.15, 0.2) is 0 Å². The maximum Gasteiger partial charge on any atom is 0.0704 e. The molecule has 0 fully saturated rings. The summed E-state index contributed by atoms with van der Waals surface area (Å²) in [6, 6.07) is 11.2. The standard InChI is InChI=1S/C18H26N2/c1-3-5-6-9-16(19-4-2)14-15-12-13-20-18-11-8-7-10-17(15)18/h7-8,10-13,16,19H,3-6,9,14H2,1-2H3. The highest BCUT2D eigenvalue weighted by atomic mass is 14.9. The van der Waals surface area contributed by atoms with Crippen molar-refractivity contribution in [3.63, 3.8) is 0 Å². The van der Waals surface area contributed by atoms with Crippen molar-refractivity contribution in [2.24, 2.45) is 0 Å². The fourth-order valence-corrected chi connectivity index (χ4v) is 2.80. The normalized spacial score (nSPS) is 12.7. The summed E-state index contributed by atoms with van der Waals surface area (Å²) >= 11 is 0. The van der Waals surface area contributed by atoms with Gasteiger partial charge in [-0.3, -0.25) is 4.98 Å². The quantitative estimate of drug-likeness (QED) is 0.722. The Morgan fingerprint density at radius 3 is 2.75 bits per heavy atom. The van der Waals surface area contributed by atoms with Crippen molar-refractivity contribution in [3.8, 4) is 0 Å². The summed E-state index contributed by atoms with van der Waals surface area (Å²) in [6.45, 7) is 5.50. The maximum atomic E-state index is 4.45. The maximum absolute atomic E-state index is 4.45. The number of hydrogen-bond donors (Lipinski definition) is 1. The molecule has 1 aromatic heterocycles. The number of aromatic nitrogens is 1. The van der Waals surface area contributed by atoms with E-state index in [1.54, 1.807) is 0 Å². The first kappa shape index (κ1) is 15.0. The molecular weight excluding hydrogens is 244 g/mol. The minimum absolute atomic E-state index is 0.581. The molecule has 0 aliphatic carbocycles. The molecule has 108 valence electrons. The van der Waals surface area contributed by atoms with Crippen LogP contribution >= 0.6 is 0 Å². The van der Waals surface area contributed by atoms with E-state index in [2.05, 4.69) is 54.5 Å². The van der Waals surface area contributed by atoms with E-state index < -0.39 is 0 Å². The van der Waals surface area contributed by atoms with Crippen LogP contribution in [0.25, 0.3) is 10.9 Å². The van der Waals surface area contributed by atoms with Crippen molar-refractivity contribution in [1.82, 2.24) is 10.3 Å². The van der Waals surface area contributed by atoms with Gasteiger partial charge in [-0.05, 0) is 37.1 Å². The van der Waals surface area contributed by atoms with Gasteiger partial charge in [0.2, 0.25) is 0 Å². The van der Waals surface area contributed by atoms with E-state index in [0.717, 1.165) is 18.5 Å². The molecule has 1 heterocycles. The molecule has 1 atom stereocenters. The minimum atomic E-state index is 0.581. The SMILES string of the molecule is CCCCCC(Cc1ccnc2ccccc12)NCC. The number of benzene rings is 1. The molecule has 0 radical (unpaired) electrons. The van der Waals surface area contributed by atoms with E-state index in [4.69, 9.17) is 0 Å². The highest BCUT2D eigenvalue weighted by Crippen LogP contribution is 2.19. The number of fused-ring (bicyclic) bond motifs is 1. The molecular formula is C18H26N2. The molecule has 1 unspecified atom stereocenters.